The van der Waals surface area contributed by atoms with Crippen molar-refractivity contribution in [2.24, 2.45) is 0 Å². The highest BCUT2D eigenvalue weighted by atomic mass is 35.5. The molecular formula is C28H29ClFN3. The van der Waals surface area contributed by atoms with Crippen LogP contribution in [0.3, 0.4) is 0 Å². The number of hydrogen-bond acceptors (Lipinski definition) is 3. The molecule has 0 bridgehead atoms. The summed E-state index contributed by atoms with van der Waals surface area (Å²) >= 11 is 6.51. The summed E-state index contributed by atoms with van der Waals surface area (Å²) in [6, 6.07) is 12.9. The topological polar surface area (TPSA) is 37.8 Å². The van der Waals surface area contributed by atoms with Crippen LogP contribution in [0.15, 0.2) is 48.0 Å². The first-order valence-electron chi connectivity index (χ1n) is 12.0. The lowest BCUT2D eigenvalue weighted by atomic mass is 9.80. The van der Waals surface area contributed by atoms with E-state index in [0.717, 1.165) is 66.9 Å². The quantitative estimate of drug-likeness (QED) is 0.400. The standard InChI is InChI=1S/C28H29ClFN3/c1-3-18-15-17(2)26(23-16-19(30)13-14-20(18)23)32-28-22-10-5-4-6-12-25(22)31-27(33-28)21-9-7-8-11-24(21)29/h7-9,11,13-14,16,18H,3-6,10,12,15H2,1-2H3,(H,31,32,33). The third-order valence-corrected chi connectivity index (χ3v) is 7.32. The van der Waals surface area contributed by atoms with Crippen LogP contribution in [-0.4, -0.2) is 9.97 Å². The summed E-state index contributed by atoms with van der Waals surface area (Å²) in [7, 11) is 0. The Labute approximate surface area is 200 Å². The highest BCUT2D eigenvalue weighted by molar-refractivity contribution is 6.33. The van der Waals surface area contributed by atoms with Crippen molar-refractivity contribution in [3.8, 4) is 11.4 Å². The number of halogens is 2. The zero-order valence-corrected chi connectivity index (χ0v) is 20.0. The van der Waals surface area contributed by atoms with Gasteiger partial charge in [0.25, 0.3) is 0 Å². The third-order valence-electron chi connectivity index (χ3n) is 6.99. The van der Waals surface area contributed by atoms with Gasteiger partial charge >= 0.3 is 0 Å². The molecule has 1 atom stereocenters. The maximum absolute atomic E-state index is 14.3. The van der Waals surface area contributed by atoms with Crippen molar-refractivity contribution in [1.82, 2.24) is 9.97 Å². The summed E-state index contributed by atoms with van der Waals surface area (Å²) in [5.41, 5.74) is 7.48. The summed E-state index contributed by atoms with van der Waals surface area (Å²) in [6.07, 6.45) is 7.30. The van der Waals surface area contributed by atoms with E-state index in [4.69, 9.17) is 21.6 Å². The van der Waals surface area contributed by atoms with Gasteiger partial charge in [0.15, 0.2) is 5.82 Å². The van der Waals surface area contributed by atoms with Gasteiger partial charge in [-0.2, -0.15) is 0 Å². The molecule has 5 heteroatoms. The van der Waals surface area contributed by atoms with E-state index in [1.54, 1.807) is 12.1 Å². The number of rotatable bonds is 4. The molecule has 1 aromatic heterocycles. The molecule has 1 unspecified atom stereocenters. The molecule has 2 aromatic carbocycles. The van der Waals surface area contributed by atoms with Crippen LogP contribution in [0.5, 0.6) is 0 Å². The van der Waals surface area contributed by atoms with Gasteiger partial charge in [-0.15, -0.1) is 0 Å². The number of aryl methyl sites for hydroxylation is 1. The maximum Gasteiger partial charge on any atom is 0.163 e. The van der Waals surface area contributed by atoms with Crippen molar-refractivity contribution >= 4 is 23.1 Å². The fourth-order valence-corrected chi connectivity index (χ4v) is 5.43. The Balaban J connectivity index is 1.65. The van der Waals surface area contributed by atoms with Crippen LogP contribution < -0.4 is 5.32 Å². The third kappa shape index (κ3) is 4.29. The van der Waals surface area contributed by atoms with Gasteiger partial charge in [-0.25, -0.2) is 14.4 Å². The van der Waals surface area contributed by atoms with E-state index in [9.17, 15) is 4.39 Å². The number of hydrogen-bond donors (Lipinski definition) is 1. The lowest BCUT2D eigenvalue weighted by molar-refractivity contribution is 0.614. The number of anilines is 1. The monoisotopic (exact) mass is 461 g/mol. The smallest absolute Gasteiger partial charge is 0.163 e. The average Bonchev–Trinajstić information content (AvgIpc) is 3.06. The van der Waals surface area contributed by atoms with Crippen molar-refractivity contribution < 1.29 is 4.39 Å². The molecule has 0 saturated heterocycles. The Morgan fingerprint density at radius 1 is 1.03 bits per heavy atom. The SMILES string of the molecule is CCC1CC(C)=C(Nc2nc(-c3ccccc3Cl)nc3c2CCCCC3)c2cc(F)ccc21. The summed E-state index contributed by atoms with van der Waals surface area (Å²) in [4.78, 5) is 9.94. The maximum atomic E-state index is 14.3. The Hall–Kier alpha value is -2.72. The molecule has 33 heavy (non-hydrogen) atoms. The van der Waals surface area contributed by atoms with Gasteiger partial charge in [0.2, 0.25) is 0 Å². The van der Waals surface area contributed by atoms with E-state index < -0.39 is 0 Å². The van der Waals surface area contributed by atoms with E-state index in [2.05, 4.69) is 19.2 Å². The molecule has 5 rings (SSSR count). The molecule has 2 aliphatic carbocycles. The Morgan fingerprint density at radius 3 is 2.67 bits per heavy atom. The van der Waals surface area contributed by atoms with Crippen LogP contribution in [0.1, 0.15) is 74.3 Å². The van der Waals surface area contributed by atoms with E-state index in [-0.39, 0.29) is 5.82 Å². The first-order chi connectivity index (χ1) is 16.0. The molecule has 0 aliphatic heterocycles. The number of nitrogens with one attached hydrogen (secondary N) is 1. The minimum Gasteiger partial charge on any atom is -0.339 e. The molecule has 0 fully saturated rings. The number of fused-ring (bicyclic) bond motifs is 2. The second kappa shape index (κ2) is 9.26. The van der Waals surface area contributed by atoms with E-state index in [1.165, 1.54) is 23.1 Å². The van der Waals surface area contributed by atoms with E-state index in [0.29, 0.717) is 16.8 Å². The Bertz CT molecular complexity index is 1230. The molecule has 0 radical (unpaired) electrons. The van der Waals surface area contributed by atoms with Gasteiger partial charge in [-0.1, -0.05) is 43.1 Å². The van der Waals surface area contributed by atoms with E-state index in [1.807, 2.05) is 30.3 Å². The van der Waals surface area contributed by atoms with Crippen molar-refractivity contribution in [3.05, 3.63) is 81.3 Å². The summed E-state index contributed by atoms with van der Waals surface area (Å²) in [6.45, 7) is 4.34. The van der Waals surface area contributed by atoms with Crippen LogP contribution >= 0.6 is 11.6 Å². The fourth-order valence-electron chi connectivity index (χ4n) is 5.21. The minimum atomic E-state index is -0.212. The predicted octanol–water partition coefficient (Wildman–Crippen LogP) is 7.95. The molecule has 3 aromatic rings. The molecule has 0 spiro atoms. The van der Waals surface area contributed by atoms with Gasteiger partial charge < -0.3 is 5.32 Å². The zero-order chi connectivity index (χ0) is 22.9. The summed E-state index contributed by atoms with van der Waals surface area (Å²) < 4.78 is 14.3. The Kier molecular flexibility index (Phi) is 6.20. The summed E-state index contributed by atoms with van der Waals surface area (Å²) in [5, 5.41) is 4.30. The fraction of sp³-hybridized carbons (Fsp3) is 0.357. The first-order valence-corrected chi connectivity index (χ1v) is 12.3. The van der Waals surface area contributed by atoms with Gasteiger partial charge in [0.1, 0.15) is 11.6 Å². The van der Waals surface area contributed by atoms with Gasteiger partial charge in [-0.05, 0) is 86.8 Å². The number of aromatic nitrogens is 2. The normalized spacial score (nSPS) is 17.9. The van der Waals surface area contributed by atoms with Crippen LogP contribution in [0.2, 0.25) is 5.02 Å². The van der Waals surface area contributed by atoms with Crippen LogP contribution in [0.25, 0.3) is 17.1 Å². The molecule has 0 amide bonds. The highest BCUT2D eigenvalue weighted by Crippen LogP contribution is 2.41. The van der Waals surface area contributed by atoms with Gasteiger partial charge in [0.05, 0.1) is 5.02 Å². The molecular weight excluding hydrogens is 433 g/mol. The van der Waals surface area contributed by atoms with Crippen LogP contribution in [-0.2, 0) is 12.8 Å². The number of nitrogens with zero attached hydrogens (tertiary/aromatic N) is 2. The number of allylic oxidation sites excluding steroid dienone is 1. The first kappa shape index (κ1) is 22.1. The minimum absolute atomic E-state index is 0.212. The molecule has 3 nitrogen and oxygen atoms in total. The molecule has 0 saturated carbocycles. The lowest BCUT2D eigenvalue weighted by Crippen LogP contribution is -2.16. The van der Waals surface area contributed by atoms with Crippen LogP contribution in [0, 0.1) is 5.82 Å². The van der Waals surface area contributed by atoms with E-state index >= 15 is 0 Å². The second-order valence-corrected chi connectivity index (χ2v) is 9.59. The summed E-state index contributed by atoms with van der Waals surface area (Å²) in [5.74, 6) is 1.67. The van der Waals surface area contributed by atoms with Crippen molar-refractivity contribution in [3.63, 3.8) is 0 Å². The second-order valence-electron chi connectivity index (χ2n) is 9.18. The van der Waals surface area contributed by atoms with Gasteiger partial charge in [-0.3, -0.25) is 0 Å². The predicted molar refractivity (Wildman–Crippen MR) is 134 cm³/mol. The molecule has 1 heterocycles. The molecule has 170 valence electrons. The lowest BCUT2D eigenvalue weighted by Gasteiger charge is -2.29. The van der Waals surface area contributed by atoms with Crippen molar-refractivity contribution in [2.75, 3.05) is 5.32 Å². The van der Waals surface area contributed by atoms with Gasteiger partial charge in [0, 0.05) is 28.1 Å². The molecule has 1 N–H and O–H groups in total. The zero-order valence-electron chi connectivity index (χ0n) is 19.2. The molecule has 2 aliphatic rings. The average molecular weight is 462 g/mol. The Morgan fingerprint density at radius 2 is 1.85 bits per heavy atom. The number of benzene rings is 2. The largest absolute Gasteiger partial charge is 0.339 e. The highest BCUT2D eigenvalue weighted by Gasteiger charge is 2.26. The van der Waals surface area contributed by atoms with Crippen LogP contribution in [0.4, 0.5) is 10.2 Å². The van der Waals surface area contributed by atoms with Crippen molar-refractivity contribution in [2.45, 2.75) is 64.7 Å². The van der Waals surface area contributed by atoms with Crippen molar-refractivity contribution in [1.29, 1.82) is 0 Å².